The lowest BCUT2D eigenvalue weighted by atomic mass is 9.81. The van der Waals surface area contributed by atoms with Gasteiger partial charge in [0.1, 0.15) is 0 Å². The number of piperazine rings is 1. The quantitative estimate of drug-likeness (QED) is 0.765. The Balaban J connectivity index is 1.40. The number of carbonyl (C=O) groups is 1. The first-order chi connectivity index (χ1) is 12.5. The van der Waals surface area contributed by atoms with Gasteiger partial charge in [-0.2, -0.15) is 0 Å². The van der Waals surface area contributed by atoms with Crippen LogP contribution in [0.1, 0.15) is 66.2 Å². The molecule has 2 heterocycles. The number of carbonyl (C=O) groups excluding carboxylic acids is 1. The topological polar surface area (TPSA) is 26.8 Å². The Hall–Kier alpha value is -0.610. The van der Waals surface area contributed by atoms with Crippen molar-refractivity contribution in [2.75, 3.05) is 39.3 Å². The molecule has 1 aliphatic carbocycles. The van der Waals surface area contributed by atoms with Crippen molar-refractivity contribution in [2.24, 2.45) is 17.8 Å². The van der Waals surface area contributed by atoms with Gasteiger partial charge in [0.15, 0.2) is 0 Å². The van der Waals surface area contributed by atoms with Crippen LogP contribution in [0.4, 0.5) is 0 Å². The summed E-state index contributed by atoms with van der Waals surface area (Å²) in [6, 6.07) is 1.34. The molecule has 0 atom stereocenters. The van der Waals surface area contributed by atoms with E-state index in [0.717, 1.165) is 56.9 Å². The molecule has 3 aliphatic rings. The minimum Gasteiger partial charge on any atom is -0.340 e. The molecule has 1 amide bonds. The van der Waals surface area contributed by atoms with Crippen LogP contribution in [-0.4, -0.2) is 72.0 Å². The number of rotatable bonds is 4. The van der Waals surface area contributed by atoms with Crippen LogP contribution < -0.4 is 0 Å². The molecule has 2 aliphatic heterocycles. The smallest absolute Gasteiger partial charge is 0.225 e. The zero-order valence-corrected chi connectivity index (χ0v) is 17.6. The van der Waals surface area contributed by atoms with Gasteiger partial charge in [-0.05, 0) is 77.3 Å². The summed E-state index contributed by atoms with van der Waals surface area (Å²) in [7, 11) is 0. The molecule has 2 saturated heterocycles. The molecule has 0 aromatic carbocycles. The zero-order chi connectivity index (χ0) is 18.7. The van der Waals surface area contributed by atoms with Gasteiger partial charge in [0.25, 0.3) is 0 Å². The van der Waals surface area contributed by atoms with Gasteiger partial charge in [0, 0.05) is 44.2 Å². The van der Waals surface area contributed by atoms with Gasteiger partial charge in [0.2, 0.25) is 5.91 Å². The molecule has 0 aromatic heterocycles. The first-order valence-corrected chi connectivity index (χ1v) is 11.2. The highest BCUT2D eigenvalue weighted by Gasteiger charge is 2.34. The van der Waals surface area contributed by atoms with Crippen molar-refractivity contribution in [1.29, 1.82) is 0 Å². The second-order valence-corrected chi connectivity index (χ2v) is 9.58. The summed E-state index contributed by atoms with van der Waals surface area (Å²) in [6.45, 7) is 15.8. The minimum absolute atomic E-state index is 0.296. The average molecular weight is 364 g/mol. The number of nitrogens with zero attached hydrogens (tertiary/aromatic N) is 3. The molecule has 26 heavy (non-hydrogen) atoms. The third-order valence-electron chi connectivity index (χ3n) is 7.44. The van der Waals surface area contributed by atoms with Gasteiger partial charge >= 0.3 is 0 Å². The van der Waals surface area contributed by atoms with Gasteiger partial charge in [-0.3, -0.25) is 9.69 Å². The van der Waals surface area contributed by atoms with E-state index in [1.54, 1.807) is 0 Å². The number of piperidine rings is 1. The average Bonchev–Trinajstić information content (AvgIpc) is 2.67. The molecule has 3 fully saturated rings. The standard InChI is InChI=1S/C22H41N3O/c1-17(2)19-9-11-24(12-10-19)21-7-5-20(6-8-21)22(26)25-15-13-23(14-16-25)18(3)4/h17-21H,5-16H2,1-4H3. The maximum absolute atomic E-state index is 12.9. The number of hydrogen-bond donors (Lipinski definition) is 0. The van der Waals surface area contributed by atoms with Crippen molar-refractivity contribution >= 4 is 5.91 Å². The first kappa shape index (κ1) is 20.1. The van der Waals surface area contributed by atoms with Crippen LogP contribution in [0.2, 0.25) is 0 Å². The van der Waals surface area contributed by atoms with E-state index < -0.39 is 0 Å². The van der Waals surface area contributed by atoms with Crippen LogP contribution in [0.25, 0.3) is 0 Å². The summed E-state index contributed by atoms with van der Waals surface area (Å²) in [5, 5.41) is 0. The molecule has 0 spiro atoms. The second-order valence-electron chi connectivity index (χ2n) is 9.58. The van der Waals surface area contributed by atoms with Crippen molar-refractivity contribution in [3.05, 3.63) is 0 Å². The number of likely N-dealkylation sites (tertiary alicyclic amines) is 1. The fraction of sp³-hybridized carbons (Fsp3) is 0.955. The Morgan fingerprint density at radius 2 is 1.35 bits per heavy atom. The summed E-state index contributed by atoms with van der Waals surface area (Å²) in [5.41, 5.74) is 0. The summed E-state index contributed by atoms with van der Waals surface area (Å²) in [4.78, 5) is 20.3. The lowest BCUT2D eigenvalue weighted by Crippen LogP contribution is -2.52. The van der Waals surface area contributed by atoms with Crippen molar-refractivity contribution in [3.63, 3.8) is 0 Å². The van der Waals surface area contributed by atoms with Crippen molar-refractivity contribution < 1.29 is 4.79 Å². The third-order valence-corrected chi connectivity index (χ3v) is 7.44. The SMILES string of the molecule is CC(C)C1CCN(C2CCC(C(=O)N3CCN(C(C)C)CC3)CC2)CC1. The van der Waals surface area contributed by atoms with Gasteiger partial charge in [-0.1, -0.05) is 13.8 Å². The van der Waals surface area contributed by atoms with Gasteiger partial charge in [-0.15, -0.1) is 0 Å². The summed E-state index contributed by atoms with van der Waals surface area (Å²) in [6.07, 6.45) is 7.42. The van der Waals surface area contributed by atoms with Gasteiger partial charge in [-0.25, -0.2) is 0 Å². The molecular weight excluding hydrogens is 322 g/mol. The predicted molar refractivity (Wildman–Crippen MR) is 108 cm³/mol. The lowest BCUT2D eigenvalue weighted by molar-refractivity contribution is -0.139. The molecule has 150 valence electrons. The first-order valence-electron chi connectivity index (χ1n) is 11.2. The van der Waals surface area contributed by atoms with Crippen molar-refractivity contribution in [3.8, 4) is 0 Å². The normalized spacial score (nSPS) is 30.3. The summed E-state index contributed by atoms with van der Waals surface area (Å²) >= 11 is 0. The maximum Gasteiger partial charge on any atom is 0.225 e. The van der Waals surface area contributed by atoms with E-state index >= 15 is 0 Å². The predicted octanol–water partition coefficient (Wildman–Crippen LogP) is 3.47. The van der Waals surface area contributed by atoms with E-state index in [4.69, 9.17) is 0 Å². The fourth-order valence-electron chi connectivity index (χ4n) is 5.36. The fourth-order valence-corrected chi connectivity index (χ4v) is 5.36. The molecule has 0 bridgehead atoms. The molecule has 4 heteroatoms. The molecule has 0 radical (unpaired) electrons. The van der Waals surface area contributed by atoms with Crippen molar-refractivity contribution in [1.82, 2.24) is 14.7 Å². The Labute approximate surface area is 161 Å². The van der Waals surface area contributed by atoms with E-state index in [2.05, 4.69) is 42.4 Å². The van der Waals surface area contributed by atoms with Gasteiger partial charge in [0.05, 0.1) is 0 Å². The Bertz CT molecular complexity index is 440. The Kier molecular flexibility index (Phi) is 7.01. The molecule has 0 aromatic rings. The van der Waals surface area contributed by atoms with E-state index in [9.17, 15) is 4.79 Å². The minimum atomic E-state index is 0.296. The highest BCUT2D eigenvalue weighted by atomic mass is 16.2. The van der Waals surface area contributed by atoms with Crippen LogP contribution in [0, 0.1) is 17.8 Å². The monoisotopic (exact) mass is 363 g/mol. The Morgan fingerprint density at radius 1 is 0.769 bits per heavy atom. The second kappa shape index (κ2) is 9.05. The lowest BCUT2D eigenvalue weighted by Gasteiger charge is -2.43. The molecular formula is C22H41N3O. The summed E-state index contributed by atoms with van der Waals surface area (Å²) in [5.74, 6) is 2.51. The molecule has 0 N–H and O–H groups in total. The molecule has 4 nitrogen and oxygen atoms in total. The van der Waals surface area contributed by atoms with Crippen LogP contribution in [0.3, 0.4) is 0 Å². The molecule has 1 saturated carbocycles. The molecule has 3 rings (SSSR count). The largest absolute Gasteiger partial charge is 0.340 e. The van der Waals surface area contributed by atoms with Crippen LogP contribution >= 0.6 is 0 Å². The number of hydrogen-bond acceptors (Lipinski definition) is 3. The Morgan fingerprint density at radius 3 is 1.85 bits per heavy atom. The van der Waals surface area contributed by atoms with Crippen LogP contribution in [0.15, 0.2) is 0 Å². The number of amides is 1. The maximum atomic E-state index is 12.9. The van der Waals surface area contributed by atoms with E-state index in [-0.39, 0.29) is 0 Å². The van der Waals surface area contributed by atoms with E-state index in [1.807, 2.05) is 0 Å². The highest BCUT2D eigenvalue weighted by molar-refractivity contribution is 5.79. The zero-order valence-electron chi connectivity index (χ0n) is 17.6. The highest BCUT2D eigenvalue weighted by Crippen LogP contribution is 2.33. The third kappa shape index (κ3) is 4.81. The summed E-state index contributed by atoms with van der Waals surface area (Å²) < 4.78 is 0. The van der Waals surface area contributed by atoms with Crippen LogP contribution in [-0.2, 0) is 4.79 Å². The molecule has 0 unspecified atom stereocenters. The van der Waals surface area contributed by atoms with E-state index in [0.29, 0.717) is 17.9 Å². The van der Waals surface area contributed by atoms with Gasteiger partial charge < -0.3 is 9.80 Å². The van der Waals surface area contributed by atoms with E-state index in [1.165, 1.54) is 38.8 Å². The van der Waals surface area contributed by atoms with Crippen LogP contribution in [0.5, 0.6) is 0 Å². The van der Waals surface area contributed by atoms with Crippen molar-refractivity contribution in [2.45, 2.75) is 78.3 Å².